The SMILES string of the molecule is CNCc1cc2ccccc2nc1SCCC(C)C. The number of rotatable bonds is 6. The van der Waals surface area contributed by atoms with E-state index in [-0.39, 0.29) is 0 Å². The van der Waals surface area contributed by atoms with E-state index in [4.69, 9.17) is 4.98 Å². The Morgan fingerprint density at radius 2 is 2.05 bits per heavy atom. The molecule has 2 rings (SSSR count). The van der Waals surface area contributed by atoms with Crippen molar-refractivity contribution in [1.29, 1.82) is 0 Å². The number of nitrogens with zero attached hydrogens (tertiary/aromatic N) is 1. The van der Waals surface area contributed by atoms with Crippen molar-refractivity contribution in [3.63, 3.8) is 0 Å². The Labute approximate surface area is 120 Å². The van der Waals surface area contributed by atoms with E-state index in [9.17, 15) is 0 Å². The number of benzene rings is 1. The van der Waals surface area contributed by atoms with Crippen LogP contribution in [0.2, 0.25) is 0 Å². The van der Waals surface area contributed by atoms with Gasteiger partial charge in [-0.25, -0.2) is 4.98 Å². The third kappa shape index (κ3) is 3.95. The van der Waals surface area contributed by atoms with E-state index in [2.05, 4.69) is 49.5 Å². The molecular formula is C16H22N2S. The highest BCUT2D eigenvalue weighted by atomic mass is 32.2. The third-order valence-electron chi connectivity index (χ3n) is 3.06. The second-order valence-electron chi connectivity index (χ2n) is 5.21. The van der Waals surface area contributed by atoms with E-state index >= 15 is 0 Å². The minimum atomic E-state index is 0.751. The van der Waals surface area contributed by atoms with Gasteiger partial charge >= 0.3 is 0 Å². The van der Waals surface area contributed by atoms with E-state index in [0.29, 0.717) is 0 Å². The normalized spacial score (nSPS) is 11.4. The number of pyridine rings is 1. The second-order valence-corrected chi connectivity index (χ2v) is 6.29. The minimum absolute atomic E-state index is 0.751. The predicted molar refractivity (Wildman–Crippen MR) is 84.7 cm³/mol. The van der Waals surface area contributed by atoms with Crippen LogP contribution < -0.4 is 5.32 Å². The van der Waals surface area contributed by atoms with Crippen LogP contribution in [0.5, 0.6) is 0 Å². The summed E-state index contributed by atoms with van der Waals surface area (Å²) in [7, 11) is 1.98. The maximum atomic E-state index is 4.81. The number of fused-ring (bicyclic) bond motifs is 1. The van der Waals surface area contributed by atoms with E-state index in [1.807, 2.05) is 18.8 Å². The van der Waals surface area contributed by atoms with E-state index in [1.165, 1.54) is 22.4 Å². The maximum absolute atomic E-state index is 4.81. The molecule has 0 radical (unpaired) electrons. The van der Waals surface area contributed by atoms with Crippen molar-refractivity contribution in [1.82, 2.24) is 10.3 Å². The van der Waals surface area contributed by atoms with Crippen LogP contribution in [-0.4, -0.2) is 17.8 Å². The lowest BCUT2D eigenvalue weighted by Crippen LogP contribution is -2.07. The number of aromatic nitrogens is 1. The smallest absolute Gasteiger partial charge is 0.101 e. The molecule has 0 aliphatic heterocycles. The number of hydrogen-bond acceptors (Lipinski definition) is 3. The molecule has 0 aliphatic rings. The van der Waals surface area contributed by atoms with Crippen molar-refractivity contribution in [2.45, 2.75) is 31.8 Å². The van der Waals surface area contributed by atoms with Gasteiger partial charge < -0.3 is 5.32 Å². The molecule has 0 saturated heterocycles. The second kappa shape index (κ2) is 6.92. The molecular weight excluding hydrogens is 252 g/mol. The highest BCUT2D eigenvalue weighted by Gasteiger charge is 2.07. The molecule has 0 fully saturated rings. The summed E-state index contributed by atoms with van der Waals surface area (Å²) in [6.07, 6.45) is 1.23. The first-order chi connectivity index (χ1) is 9.20. The monoisotopic (exact) mass is 274 g/mol. The van der Waals surface area contributed by atoms with Gasteiger partial charge in [-0.1, -0.05) is 32.0 Å². The average Bonchev–Trinajstić information content (AvgIpc) is 2.39. The molecule has 0 bridgehead atoms. The van der Waals surface area contributed by atoms with Crippen molar-refractivity contribution in [2.75, 3.05) is 12.8 Å². The van der Waals surface area contributed by atoms with Crippen molar-refractivity contribution in [2.24, 2.45) is 5.92 Å². The van der Waals surface area contributed by atoms with Crippen LogP contribution in [0.15, 0.2) is 35.4 Å². The standard InChI is InChI=1S/C16H22N2S/c1-12(2)8-9-19-16-14(11-17-3)10-13-6-4-5-7-15(13)18-16/h4-7,10,12,17H,8-9,11H2,1-3H3. The lowest BCUT2D eigenvalue weighted by Gasteiger charge is -2.11. The van der Waals surface area contributed by atoms with Gasteiger partial charge in [0.1, 0.15) is 5.03 Å². The topological polar surface area (TPSA) is 24.9 Å². The van der Waals surface area contributed by atoms with Crippen molar-refractivity contribution >= 4 is 22.7 Å². The van der Waals surface area contributed by atoms with Crippen molar-refractivity contribution in [3.8, 4) is 0 Å². The van der Waals surface area contributed by atoms with Gasteiger partial charge in [-0.15, -0.1) is 11.8 Å². The summed E-state index contributed by atoms with van der Waals surface area (Å²) in [6.45, 7) is 5.41. The Morgan fingerprint density at radius 3 is 2.79 bits per heavy atom. The van der Waals surface area contributed by atoms with Crippen LogP contribution in [0.3, 0.4) is 0 Å². The molecule has 0 spiro atoms. The quantitative estimate of drug-likeness (QED) is 0.803. The van der Waals surface area contributed by atoms with E-state index in [1.54, 1.807) is 0 Å². The molecule has 0 amide bonds. The van der Waals surface area contributed by atoms with Crippen molar-refractivity contribution < 1.29 is 0 Å². The summed E-state index contributed by atoms with van der Waals surface area (Å²) in [5, 5.41) is 5.63. The molecule has 0 atom stereocenters. The summed E-state index contributed by atoms with van der Waals surface area (Å²) < 4.78 is 0. The van der Waals surface area contributed by atoms with Gasteiger partial charge in [-0.2, -0.15) is 0 Å². The van der Waals surface area contributed by atoms with Crippen LogP contribution in [0.25, 0.3) is 10.9 Å². The summed E-state index contributed by atoms with van der Waals surface area (Å²) in [4.78, 5) is 4.81. The molecule has 2 nitrogen and oxygen atoms in total. The van der Waals surface area contributed by atoms with Crippen LogP contribution in [0, 0.1) is 5.92 Å². The zero-order valence-corrected chi connectivity index (χ0v) is 12.8. The Morgan fingerprint density at radius 1 is 1.26 bits per heavy atom. The molecule has 102 valence electrons. The summed E-state index contributed by atoms with van der Waals surface area (Å²) >= 11 is 1.88. The van der Waals surface area contributed by atoms with Crippen LogP contribution in [0.4, 0.5) is 0 Å². The van der Waals surface area contributed by atoms with Gasteiger partial charge in [0.2, 0.25) is 0 Å². The zero-order valence-electron chi connectivity index (χ0n) is 11.9. The molecule has 0 aliphatic carbocycles. The number of para-hydroxylation sites is 1. The predicted octanol–water partition coefficient (Wildman–Crippen LogP) is 4.09. The Kier molecular flexibility index (Phi) is 5.23. The van der Waals surface area contributed by atoms with Gasteiger partial charge in [0.05, 0.1) is 5.52 Å². The Bertz CT molecular complexity index is 537. The van der Waals surface area contributed by atoms with Gasteiger partial charge in [0.15, 0.2) is 0 Å². The number of nitrogens with one attached hydrogen (secondary N) is 1. The highest BCUT2D eigenvalue weighted by molar-refractivity contribution is 7.99. The average molecular weight is 274 g/mol. The van der Waals surface area contributed by atoms with Crippen LogP contribution in [0.1, 0.15) is 25.8 Å². The lowest BCUT2D eigenvalue weighted by atomic mass is 10.1. The van der Waals surface area contributed by atoms with Crippen LogP contribution in [-0.2, 0) is 6.54 Å². The van der Waals surface area contributed by atoms with Crippen LogP contribution >= 0.6 is 11.8 Å². The first-order valence-corrected chi connectivity index (χ1v) is 7.85. The van der Waals surface area contributed by atoms with Gasteiger partial charge in [-0.05, 0) is 42.8 Å². The summed E-state index contributed by atoms with van der Waals surface area (Å²) in [5.41, 5.74) is 2.39. The number of hydrogen-bond donors (Lipinski definition) is 1. The molecule has 1 aromatic carbocycles. The molecule has 19 heavy (non-hydrogen) atoms. The maximum Gasteiger partial charge on any atom is 0.101 e. The largest absolute Gasteiger partial charge is 0.316 e. The molecule has 0 unspecified atom stereocenters. The fourth-order valence-electron chi connectivity index (χ4n) is 1.98. The van der Waals surface area contributed by atoms with Gasteiger partial charge in [0.25, 0.3) is 0 Å². The summed E-state index contributed by atoms with van der Waals surface area (Å²) in [6, 6.07) is 10.6. The minimum Gasteiger partial charge on any atom is -0.316 e. The Balaban J connectivity index is 2.25. The van der Waals surface area contributed by atoms with Crippen molar-refractivity contribution in [3.05, 3.63) is 35.9 Å². The summed E-state index contributed by atoms with van der Waals surface area (Å²) in [5.74, 6) is 1.89. The Hall–Kier alpha value is -1.06. The molecule has 1 heterocycles. The fourth-order valence-corrected chi connectivity index (χ4v) is 3.24. The van der Waals surface area contributed by atoms with Gasteiger partial charge in [0, 0.05) is 11.9 Å². The number of thioether (sulfide) groups is 1. The highest BCUT2D eigenvalue weighted by Crippen LogP contribution is 2.26. The van der Waals surface area contributed by atoms with E-state index in [0.717, 1.165) is 23.7 Å². The molecule has 3 heteroatoms. The van der Waals surface area contributed by atoms with E-state index < -0.39 is 0 Å². The first-order valence-electron chi connectivity index (χ1n) is 6.86. The molecule has 2 aromatic rings. The molecule has 1 aromatic heterocycles. The van der Waals surface area contributed by atoms with Gasteiger partial charge in [-0.3, -0.25) is 0 Å². The zero-order chi connectivity index (χ0) is 13.7. The fraction of sp³-hybridized carbons (Fsp3) is 0.438. The molecule has 0 saturated carbocycles. The lowest BCUT2D eigenvalue weighted by molar-refractivity contribution is 0.631. The molecule has 1 N–H and O–H groups in total. The third-order valence-corrected chi connectivity index (χ3v) is 4.13. The first kappa shape index (κ1) is 14.4.